The lowest BCUT2D eigenvalue weighted by atomic mass is 10.1. The van der Waals surface area contributed by atoms with Crippen molar-refractivity contribution in [1.29, 1.82) is 0 Å². The minimum absolute atomic E-state index is 0.263. The zero-order valence-corrected chi connectivity index (χ0v) is 9.88. The Morgan fingerprint density at radius 3 is 2.87 bits per heavy atom. The van der Waals surface area contributed by atoms with E-state index in [0.717, 1.165) is 9.48 Å². The van der Waals surface area contributed by atoms with Crippen molar-refractivity contribution in [3.8, 4) is 10.6 Å². The number of rotatable bonds is 2. The molecule has 5 heteroatoms. The quantitative estimate of drug-likeness (QED) is 0.920. The molecule has 0 atom stereocenters. The summed E-state index contributed by atoms with van der Waals surface area (Å²) in [6.45, 7) is 0. The van der Waals surface area contributed by atoms with Crippen LogP contribution in [0.2, 0.25) is 0 Å². The van der Waals surface area contributed by atoms with Crippen LogP contribution in [0, 0.1) is 0 Å². The van der Waals surface area contributed by atoms with Gasteiger partial charge in [-0.25, -0.2) is 9.78 Å². The smallest absolute Gasteiger partial charge is 0.336 e. The lowest BCUT2D eigenvalue weighted by Crippen LogP contribution is -1.99. The molecule has 0 fully saturated rings. The minimum Gasteiger partial charge on any atom is -0.478 e. The van der Waals surface area contributed by atoms with Crippen LogP contribution in [0.15, 0.2) is 34.2 Å². The molecule has 0 aliphatic carbocycles. The van der Waals surface area contributed by atoms with Gasteiger partial charge in [0.15, 0.2) is 0 Å². The lowest BCUT2D eigenvalue weighted by molar-refractivity contribution is 0.0697. The van der Waals surface area contributed by atoms with Gasteiger partial charge in [-0.2, -0.15) is 0 Å². The summed E-state index contributed by atoms with van der Waals surface area (Å²) in [5.41, 5.74) is 0.917. The van der Waals surface area contributed by atoms with E-state index in [-0.39, 0.29) is 5.56 Å². The van der Waals surface area contributed by atoms with Gasteiger partial charge < -0.3 is 5.11 Å². The van der Waals surface area contributed by atoms with Crippen molar-refractivity contribution in [1.82, 2.24) is 4.98 Å². The predicted molar refractivity (Wildman–Crippen MR) is 62.2 cm³/mol. The largest absolute Gasteiger partial charge is 0.478 e. The van der Waals surface area contributed by atoms with E-state index in [4.69, 9.17) is 5.11 Å². The van der Waals surface area contributed by atoms with Gasteiger partial charge in [0.1, 0.15) is 5.01 Å². The Morgan fingerprint density at radius 2 is 2.27 bits per heavy atom. The van der Waals surface area contributed by atoms with E-state index in [0.29, 0.717) is 5.56 Å². The van der Waals surface area contributed by atoms with E-state index in [9.17, 15) is 4.79 Å². The van der Waals surface area contributed by atoms with Crippen LogP contribution in [0.25, 0.3) is 10.6 Å². The molecule has 2 rings (SSSR count). The maximum absolute atomic E-state index is 11.0. The van der Waals surface area contributed by atoms with Crippen LogP contribution < -0.4 is 0 Å². The molecule has 2 aromatic rings. The molecule has 3 nitrogen and oxygen atoms in total. The zero-order chi connectivity index (χ0) is 10.8. The van der Waals surface area contributed by atoms with Crippen LogP contribution in [-0.2, 0) is 0 Å². The average Bonchev–Trinajstić information content (AvgIpc) is 2.70. The van der Waals surface area contributed by atoms with E-state index < -0.39 is 5.97 Å². The molecule has 0 amide bonds. The number of thiazole rings is 1. The third-order valence-corrected chi connectivity index (χ3v) is 3.17. The van der Waals surface area contributed by atoms with Gasteiger partial charge in [0, 0.05) is 21.6 Å². The summed E-state index contributed by atoms with van der Waals surface area (Å²) < 4.78 is 0.750. The summed E-state index contributed by atoms with van der Waals surface area (Å²) >= 11 is 4.67. The maximum atomic E-state index is 11.0. The van der Waals surface area contributed by atoms with Crippen molar-refractivity contribution in [2.24, 2.45) is 0 Å². The van der Waals surface area contributed by atoms with Gasteiger partial charge in [-0.1, -0.05) is 15.9 Å². The Bertz CT molecular complexity index is 496. The van der Waals surface area contributed by atoms with Crippen molar-refractivity contribution < 1.29 is 9.90 Å². The fraction of sp³-hybridized carbons (Fsp3) is 0. The number of benzene rings is 1. The van der Waals surface area contributed by atoms with Crippen molar-refractivity contribution in [3.05, 3.63) is 39.8 Å². The molecule has 15 heavy (non-hydrogen) atoms. The molecule has 0 aliphatic rings. The molecule has 0 unspecified atom stereocenters. The molecule has 1 N–H and O–H groups in total. The fourth-order valence-electron chi connectivity index (χ4n) is 1.24. The molecule has 1 aromatic carbocycles. The monoisotopic (exact) mass is 283 g/mol. The molecule has 76 valence electrons. The van der Waals surface area contributed by atoms with E-state index in [1.807, 2.05) is 11.4 Å². The van der Waals surface area contributed by atoms with E-state index in [1.54, 1.807) is 18.3 Å². The van der Waals surface area contributed by atoms with Crippen LogP contribution in [0.3, 0.4) is 0 Å². The highest BCUT2D eigenvalue weighted by atomic mass is 79.9. The molecular formula is C10H6BrNO2S. The molecule has 1 heterocycles. The number of hydrogen-bond donors (Lipinski definition) is 1. The first-order chi connectivity index (χ1) is 7.18. The van der Waals surface area contributed by atoms with Gasteiger partial charge in [0.2, 0.25) is 0 Å². The first kappa shape index (κ1) is 10.3. The molecular weight excluding hydrogens is 278 g/mol. The molecule has 1 aromatic heterocycles. The fourth-order valence-corrected chi connectivity index (χ4v) is 2.27. The topological polar surface area (TPSA) is 50.2 Å². The number of hydrogen-bond acceptors (Lipinski definition) is 3. The average molecular weight is 284 g/mol. The Labute approximate surface area is 98.5 Å². The summed E-state index contributed by atoms with van der Waals surface area (Å²) in [6.07, 6.45) is 1.66. The number of halogens is 1. The summed E-state index contributed by atoms with van der Waals surface area (Å²) in [4.78, 5) is 15.1. The zero-order valence-electron chi connectivity index (χ0n) is 7.48. The van der Waals surface area contributed by atoms with Gasteiger partial charge in [0.25, 0.3) is 0 Å². The number of carboxylic acids is 1. The van der Waals surface area contributed by atoms with Gasteiger partial charge in [-0.15, -0.1) is 11.3 Å². The first-order valence-electron chi connectivity index (χ1n) is 4.11. The van der Waals surface area contributed by atoms with Crippen LogP contribution in [0.5, 0.6) is 0 Å². The minimum atomic E-state index is -0.943. The summed E-state index contributed by atoms with van der Waals surface area (Å²) in [5.74, 6) is -0.943. The van der Waals surface area contributed by atoms with Gasteiger partial charge in [-0.3, -0.25) is 0 Å². The molecule has 0 aliphatic heterocycles. The third-order valence-electron chi connectivity index (χ3n) is 1.87. The van der Waals surface area contributed by atoms with Crippen molar-refractivity contribution in [2.45, 2.75) is 0 Å². The van der Waals surface area contributed by atoms with E-state index in [2.05, 4.69) is 20.9 Å². The lowest BCUT2D eigenvalue weighted by Gasteiger charge is -2.02. The highest BCUT2D eigenvalue weighted by molar-refractivity contribution is 9.10. The Balaban J connectivity index is 2.61. The summed E-state index contributed by atoms with van der Waals surface area (Å²) in [5, 5.41) is 11.6. The summed E-state index contributed by atoms with van der Waals surface area (Å²) in [7, 11) is 0. The Kier molecular flexibility index (Phi) is 2.83. The SMILES string of the molecule is O=C(O)c1cc(Br)ccc1-c1nccs1. The molecule has 0 bridgehead atoms. The number of aromatic carboxylic acids is 1. The number of nitrogens with zero attached hydrogens (tertiary/aromatic N) is 1. The highest BCUT2D eigenvalue weighted by Gasteiger charge is 2.13. The molecule has 0 spiro atoms. The summed E-state index contributed by atoms with van der Waals surface area (Å²) in [6, 6.07) is 5.15. The van der Waals surface area contributed by atoms with Crippen LogP contribution in [0.1, 0.15) is 10.4 Å². The molecule has 0 radical (unpaired) electrons. The second kappa shape index (κ2) is 4.12. The van der Waals surface area contributed by atoms with Crippen molar-refractivity contribution >= 4 is 33.2 Å². The van der Waals surface area contributed by atoms with E-state index >= 15 is 0 Å². The number of aromatic nitrogens is 1. The van der Waals surface area contributed by atoms with E-state index in [1.165, 1.54) is 11.3 Å². The molecule has 0 saturated heterocycles. The maximum Gasteiger partial charge on any atom is 0.336 e. The van der Waals surface area contributed by atoms with Crippen molar-refractivity contribution in [3.63, 3.8) is 0 Å². The normalized spacial score (nSPS) is 10.2. The third kappa shape index (κ3) is 2.08. The van der Waals surface area contributed by atoms with Gasteiger partial charge in [-0.05, 0) is 18.2 Å². The second-order valence-corrected chi connectivity index (χ2v) is 4.64. The predicted octanol–water partition coefficient (Wildman–Crippen LogP) is 3.27. The molecule has 0 saturated carbocycles. The second-order valence-electron chi connectivity index (χ2n) is 2.83. The Hall–Kier alpha value is -1.20. The first-order valence-corrected chi connectivity index (χ1v) is 5.78. The standard InChI is InChI=1S/C10H6BrNO2S/c11-6-1-2-7(8(5-6)10(13)14)9-12-3-4-15-9/h1-5H,(H,13,14). The number of carbonyl (C=O) groups is 1. The van der Waals surface area contributed by atoms with Crippen LogP contribution in [0.4, 0.5) is 0 Å². The Morgan fingerprint density at radius 1 is 1.47 bits per heavy atom. The highest BCUT2D eigenvalue weighted by Crippen LogP contribution is 2.28. The number of carboxylic acid groups (broad SMARTS) is 1. The van der Waals surface area contributed by atoms with Gasteiger partial charge in [0.05, 0.1) is 5.56 Å². The van der Waals surface area contributed by atoms with Gasteiger partial charge >= 0.3 is 5.97 Å². The van der Waals surface area contributed by atoms with Crippen molar-refractivity contribution in [2.75, 3.05) is 0 Å². The van der Waals surface area contributed by atoms with Crippen LogP contribution >= 0.6 is 27.3 Å². The van der Waals surface area contributed by atoms with Crippen LogP contribution in [-0.4, -0.2) is 16.1 Å².